The van der Waals surface area contributed by atoms with Crippen molar-refractivity contribution < 1.29 is 13.9 Å². The van der Waals surface area contributed by atoms with Gasteiger partial charge in [-0.05, 0) is 41.7 Å². The number of likely N-dealkylation sites (N-methyl/N-ethyl adjacent to an activating group) is 1. The molecule has 0 unspecified atom stereocenters. The van der Waals surface area contributed by atoms with E-state index in [4.69, 9.17) is 9.15 Å². The summed E-state index contributed by atoms with van der Waals surface area (Å²) in [6, 6.07) is 15.7. The maximum Gasteiger partial charge on any atom is 0.260 e. The minimum atomic E-state index is -0.164. The molecule has 1 aromatic heterocycles. The molecule has 0 saturated heterocycles. The van der Waals surface area contributed by atoms with E-state index in [-0.39, 0.29) is 24.5 Å². The van der Waals surface area contributed by atoms with Gasteiger partial charge in [0.25, 0.3) is 5.91 Å². The summed E-state index contributed by atoms with van der Waals surface area (Å²) < 4.78 is 11.4. The molecule has 6 nitrogen and oxygen atoms in total. The molecule has 0 radical (unpaired) electrons. The van der Waals surface area contributed by atoms with Gasteiger partial charge < -0.3 is 14.1 Å². The molecule has 1 amide bonds. The number of nitrogens with zero attached hydrogens (tertiary/aromatic N) is 3. The molecule has 0 atom stereocenters. The molecule has 3 aromatic rings. The van der Waals surface area contributed by atoms with Crippen molar-refractivity contribution in [1.29, 1.82) is 0 Å². The highest BCUT2D eigenvalue weighted by atomic mass is 16.5. The first kappa shape index (κ1) is 20.6. The Morgan fingerprint density at radius 1 is 1.07 bits per heavy atom. The van der Waals surface area contributed by atoms with Crippen LogP contribution in [0.1, 0.15) is 37.8 Å². The van der Waals surface area contributed by atoms with Gasteiger partial charge in [0, 0.05) is 12.6 Å². The number of carbonyl (C=O) groups is 1. The fraction of sp³-hybridized carbons (Fsp3) is 0.348. The van der Waals surface area contributed by atoms with E-state index < -0.39 is 0 Å². The lowest BCUT2D eigenvalue weighted by Crippen LogP contribution is -2.31. The van der Waals surface area contributed by atoms with Crippen LogP contribution < -0.4 is 4.74 Å². The van der Waals surface area contributed by atoms with Crippen LogP contribution in [0.3, 0.4) is 0 Å². The predicted molar refractivity (Wildman–Crippen MR) is 112 cm³/mol. The van der Waals surface area contributed by atoms with E-state index >= 15 is 0 Å². The first-order valence-electron chi connectivity index (χ1n) is 9.60. The van der Waals surface area contributed by atoms with E-state index in [9.17, 15) is 4.79 Å². The van der Waals surface area contributed by atoms with Crippen LogP contribution in [0.25, 0.3) is 11.5 Å². The zero-order valence-corrected chi connectivity index (χ0v) is 17.6. The molecule has 29 heavy (non-hydrogen) atoms. The average molecular weight is 393 g/mol. The van der Waals surface area contributed by atoms with Gasteiger partial charge in [0.15, 0.2) is 6.61 Å². The van der Waals surface area contributed by atoms with Crippen molar-refractivity contribution in [3.05, 3.63) is 65.5 Å². The van der Waals surface area contributed by atoms with E-state index in [0.717, 1.165) is 11.1 Å². The molecule has 0 bridgehead atoms. The van der Waals surface area contributed by atoms with E-state index in [1.807, 2.05) is 43.3 Å². The molecule has 2 aromatic carbocycles. The number of amides is 1. The number of carbonyl (C=O) groups excluding carboxylic acids is 1. The lowest BCUT2D eigenvalue weighted by molar-refractivity contribution is -0.132. The van der Waals surface area contributed by atoms with Gasteiger partial charge in [-0.1, -0.05) is 51.1 Å². The molecule has 1 heterocycles. The molecule has 0 spiro atoms. The third-order valence-corrected chi connectivity index (χ3v) is 4.71. The molecular weight excluding hydrogens is 366 g/mol. The van der Waals surface area contributed by atoms with Crippen molar-refractivity contribution in [3.8, 4) is 17.2 Å². The number of hydrogen-bond acceptors (Lipinski definition) is 5. The molecule has 0 aliphatic carbocycles. The zero-order valence-electron chi connectivity index (χ0n) is 17.6. The summed E-state index contributed by atoms with van der Waals surface area (Å²) in [6.45, 7) is 8.63. The normalized spacial score (nSPS) is 11.3. The largest absolute Gasteiger partial charge is 0.484 e. The van der Waals surface area contributed by atoms with Crippen molar-refractivity contribution in [2.75, 3.05) is 13.7 Å². The molecule has 152 valence electrons. The fourth-order valence-corrected chi connectivity index (χ4v) is 2.81. The summed E-state index contributed by atoms with van der Waals surface area (Å²) in [5.74, 6) is 1.36. The first-order valence-corrected chi connectivity index (χ1v) is 9.60. The summed E-state index contributed by atoms with van der Waals surface area (Å²) in [5, 5.41) is 8.18. The highest BCUT2D eigenvalue weighted by Crippen LogP contribution is 2.25. The van der Waals surface area contributed by atoms with E-state index in [1.165, 1.54) is 10.5 Å². The van der Waals surface area contributed by atoms with Crippen LogP contribution in [0, 0.1) is 6.92 Å². The molecule has 6 heteroatoms. The lowest BCUT2D eigenvalue weighted by Gasteiger charge is -2.18. The molecule has 0 N–H and O–H groups in total. The minimum Gasteiger partial charge on any atom is -0.484 e. The van der Waals surface area contributed by atoms with E-state index in [1.54, 1.807) is 7.05 Å². The second-order valence-corrected chi connectivity index (χ2v) is 8.13. The van der Waals surface area contributed by atoms with Gasteiger partial charge in [0.1, 0.15) is 5.75 Å². The quantitative estimate of drug-likeness (QED) is 0.622. The number of benzene rings is 2. The Morgan fingerprint density at radius 2 is 1.76 bits per heavy atom. The zero-order chi connectivity index (χ0) is 21.0. The highest BCUT2D eigenvalue weighted by Gasteiger charge is 2.17. The molecule has 0 aliphatic heterocycles. The number of aromatic nitrogens is 2. The third-order valence-electron chi connectivity index (χ3n) is 4.71. The standard InChI is InChI=1S/C23H27N3O3/c1-16-8-6-7-9-19(16)28-15-21(27)26(5)14-20-24-25-22(29-20)17-10-12-18(13-11-17)23(2,3)4/h6-13H,14-15H2,1-5H3. The summed E-state index contributed by atoms with van der Waals surface area (Å²) in [6.07, 6.45) is 0. The summed E-state index contributed by atoms with van der Waals surface area (Å²) in [5.41, 5.74) is 3.16. The molecular formula is C23H27N3O3. The van der Waals surface area contributed by atoms with E-state index in [2.05, 4.69) is 43.1 Å². The molecule has 0 fully saturated rings. The maximum absolute atomic E-state index is 12.4. The third kappa shape index (κ3) is 5.22. The van der Waals surface area contributed by atoms with Crippen molar-refractivity contribution in [2.45, 2.75) is 39.7 Å². The molecule has 0 saturated carbocycles. The monoisotopic (exact) mass is 393 g/mol. The maximum atomic E-state index is 12.4. The van der Waals surface area contributed by atoms with Crippen LogP contribution in [0.2, 0.25) is 0 Å². The second kappa shape index (κ2) is 8.47. The Balaban J connectivity index is 1.59. The average Bonchev–Trinajstić information content (AvgIpc) is 3.15. The smallest absolute Gasteiger partial charge is 0.260 e. The van der Waals surface area contributed by atoms with Crippen LogP contribution in [0.4, 0.5) is 0 Å². The summed E-state index contributed by atoms with van der Waals surface area (Å²) >= 11 is 0. The minimum absolute atomic E-state index is 0.0450. The number of para-hydroxylation sites is 1. The number of ether oxygens (including phenoxy) is 1. The number of aryl methyl sites for hydroxylation is 1. The Hall–Kier alpha value is -3.15. The van der Waals surface area contributed by atoms with Crippen molar-refractivity contribution in [2.24, 2.45) is 0 Å². The van der Waals surface area contributed by atoms with Gasteiger partial charge >= 0.3 is 0 Å². The lowest BCUT2D eigenvalue weighted by atomic mass is 9.87. The highest BCUT2D eigenvalue weighted by molar-refractivity contribution is 5.77. The number of hydrogen-bond donors (Lipinski definition) is 0. The SMILES string of the molecule is Cc1ccccc1OCC(=O)N(C)Cc1nnc(-c2ccc(C(C)(C)C)cc2)o1. The van der Waals surface area contributed by atoms with Crippen LogP contribution in [-0.4, -0.2) is 34.7 Å². The Kier molecular flexibility index (Phi) is 6.01. The molecule has 3 rings (SSSR count). The van der Waals surface area contributed by atoms with Crippen molar-refractivity contribution in [3.63, 3.8) is 0 Å². The van der Waals surface area contributed by atoms with Gasteiger partial charge in [-0.25, -0.2) is 0 Å². The van der Waals surface area contributed by atoms with Gasteiger partial charge in [-0.15, -0.1) is 10.2 Å². The van der Waals surface area contributed by atoms with Crippen molar-refractivity contribution >= 4 is 5.91 Å². The predicted octanol–water partition coefficient (Wildman–Crippen LogP) is 4.38. The Bertz CT molecular complexity index is 972. The van der Waals surface area contributed by atoms with Crippen LogP contribution >= 0.6 is 0 Å². The van der Waals surface area contributed by atoms with Gasteiger partial charge in [0.05, 0.1) is 6.54 Å². The summed E-state index contributed by atoms with van der Waals surface area (Å²) in [7, 11) is 1.69. The van der Waals surface area contributed by atoms with Crippen molar-refractivity contribution in [1.82, 2.24) is 15.1 Å². The number of rotatable bonds is 6. The fourth-order valence-electron chi connectivity index (χ4n) is 2.81. The second-order valence-electron chi connectivity index (χ2n) is 8.13. The van der Waals surface area contributed by atoms with Gasteiger partial charge in [0.2, 0.25) is 11.8 Å². The first-order chi connectivity index (χ1) is 13.7. The van der Waals surface area contributed by atoms with Gasteiger partial charge in [-0.2, -0.15) is 0 Å². The summed E-state index contributed by atoms with van der Waals surface area (Å²) in [4.78, 5) is 13.9. The van der Waals surface area contributed by atoms with Crippen LogP contribution in [0.5, 0.6) is 5.75 Å². The van der Waals surface area contributed by atoms with Crippen LogP contribution in [0.15, 0.2) is 52.9 Å². The van der Waals surface area contributed by atoms with Crippen LogP contribution in [-0.2, 0) is 16.8 Å². The Labute approximate surface area is 171 Å². The Morgan fingerprint density at radius 3 is 2.41 bits per heavy atom. The topological polar surface area (TPSA) is 68.5 Å². The van der Waals surface area contributed by atoms with E-state index in [0.29, 0.717) is 17.5 Å². The molecule has 0 aliphatic rings. The van der Waals surface area contributed by atoms with Gasteiger partial charge in [-0.3, -0.25) is 4.79 Å².